The van der Waals surface area contributed by atoms with Crippen molar-refractivity contribution in [3.63, 3.8) is 0 Å². The molecule has 0 aliphatic carbocycles. The average Bonchev–Trinajstić information content (AvgIpc) is 2.81. The summed E-state index contributed by atoms with van der Waals surface area (Å²) < 4.78 is 10.7. The second-order valence-corrected chi connectivity index (χ2v) is 5.20. The molecule has 2 heterocycles. The quantitative estimate of drug-likeness (QED) is 0.886. The first kappa shape index (κ1) is 11.9. The molecule has 17 heavy (non-hydrogen) atoms. The van der Waals surface area contributed by atoms with Crippen LogP contribution in [0, 0.1) is 6.92 Å². The molecule has 2 aromatic heterocycles. The highest BCUT2D eigenvalue weighted by Crippen LogP contribution is 2.22. The number of hydrogen-bond acceptors (Lipinski definition) is 4. The molecule has 4 heteroatoms. The van der Waals surface area contributed by atoms with Crippen molar-refractivity contribution in [3.05, 3.63) is 29.7 Å². The van der Waals surface area contributed by atoms with E-state index in [0.29, 0.717) is 12.3 Å². The number of nitrogens with one attached hydrogen (secondary N) is 1. The number of aryl methyl sites for hydroxylation is 1. The van der Waals surface area contributed by atoms with Crippen LogP contribution < -0.4 is 5.32 Å². The molecule has 0 saturated carbocycles. The molecule has 0 fully saturated rings. The smallest absolute Gasteiger partial charge is 0.202 e. The van der Waals surface area contributed by atoms with Gasteiger partial charge < -0.3 is 14.3 Å². The maximum absolute atomic E-state index is 5.47. The van der Waals surface area contributed by atoms with Gasteiger partial charge in [-0.25, -0.2) is 0 Å². The van der Waals surface area contributed by atoms with Gasteiger partial charge in [-0.3, -0.25) is 0 Å². The summed E-state index contributed by atoms with van der Waals surface area (Å²) in [6.07, 6.45) is 0. The van der Waals surface area contributed by atoms with Gasteiger partial charge in [0.25, 0.3) is 0 Å². The molecule has 0 amide bonds. The van der Waals surface area contributed by atoms with Gasteiger partial charge >= 0.3 is 0 Å². The zero-order valence-corrected chi connectivity index (χ0v) is 10.7. The van der Waals surface area contributed by atoms with E-state index in [0.717, 1.165) is 17.2 Å². The molecule has 0 aromatic carbocycles. The van der Waals surface area contributed by atoms with Crippen molar-refractivity contribution < 1.29 is 8.94 Å². The fraction of sp³-hybridized carbons (Fsp3) is 0.462. The summed E-state index contributed by atoms with van der Waals surface area (Å²) in [6.45, 7) is 8.94. The molecular formula is C13H18N2O2. The second-order valence-electron chi connectivity index (χ2n) is 5.20. The maximum Gasteiger partial charge on any atom is 0.202 e. The zero-order valence-electron chi connectivity index (χ0n) is 10.7. The van der Waals surface area contributed by atoms with Gasteiger partial charge in [0.15, 0.2) is 5.76 Å². The van der Waals surface area contributed by atoms with E-state index in [4.69, 9.17) is 8.94 Å². The van der Waals surface area contributed by atoms with Crippen molar-refractivity contribution in [1.82, 2.24) is 10.5 Å². The third-order valence-corrected chi connectivity index (χ3v) is 2.34. The summed E-state index contributed by atoms with van der Waals surface area (Å²) in [5, 5.41) is 7.36. The van der Waals surface area contributed by atoms with Crippen molar-refractivity contribution in [2.45, 2.75) is 39.8 Å². The van der Waals surface area contributed by atoms with E-state index in [1.807, 2.05) is 25.1 Å². The molecule has 0 radical (unpaired) electrons. The Bertz CT molecular complexity index is 491. The minimum atomic E-state index is 0.0698. The lowest BCUT2D eigenvalue weighted by atomic mass is 10.1. The number of furan rings is 1. The van der Waals surface area contributed by atoms with E-state index < -0.39 is 0 Å². The van der Waals surface area contributed by atoms with Gasteiger partial charge in [-0.05, 0) is 39.8 Å². The van der Waals surface area contributed by atoms with E-state index >= 15 is 0 Å². The molecule has 4 nitrogen and oxygen atoms in total. The lowest BCUT2D eigenvalue weighted by molar-refractivity contribution is 0.386. The Morgan fingerprint density at radius 2 is 2.00 bits per heavy atom. The Morgan fingerprint density at radius 3 is 2.59 bits per heavy atom. The van der Waals surface area contributed by atoms with E-state index in [-0.39, 0.29) is 5.54 Å². The van der Waals surface area contributed by atoms with Gasteiger partial charge in [0.05, 0.1) is 5.69 Å². The number of nitrogens with zero attached hydrogens (tertiary/aromatic N) is 1. The fourth-order valence-electron chi connectivity index (χ4n) is 1.43. The molecular weight excluding hydrogens is 216 g/mol. The third-order valence-electron chi connectivity index (χ3n) is 2.34. The van der Waals surface area contributed by atoms with Crippen LogP contribution in [0.2, 0.25) is 0 Å². The molecule has 0 atom stereocenters. The Labute approximate surface area is 101 Å². The summed E-state index contributed by atoms with van der Waals surface area (Å²) in [5.41, 5.74) is 0.949. The van der Waals surface area contributed by atoms with Crippen LogP contribution >= 0.6 is 0 Å². The average molecular weight is 234 g/mol. The number of aromatic nitrogens is 1. The first-order valence-electron chi connectivity index (χ1n) is 5.71. The van der Waals surface area contributed by atoms with E-state index in [1.54, 1.807) is 0 Å². The lowest BCUT2D eigenvalue weighted by Crippen LogP contribution is -2.35. The third kappa shape index (κ3) is 3.20. The Kier molecular flexibility index (Phi) is 3.07. The van der Waals surface area contributed by atoms with Crippen LogP contribution in [0.3, 0.4) is 0 Å². The zero-order chi connectivity index (χ0) is 12.5. The highest BCUT2D eigenvalue weighted by Gasteiger charge is 2.13. The molecule has 1 N–H and O–H groups in total. The molecule has 0 bridgehead atoms. The first-order valence-corrected chi connectivity index (χ1v) is 5.71. The summed E-state index contributed by atoms with van der Waals surface area (Å²) in [6, 6.07) is 5.69. The largest absolute Gasteiger partial charge is 0.458 e. The molecule has 2 rings (SSSR count). The molecule has 0 spiro atoms. The molecule has 0 unspecified atom stereocenters. The predicted molar refractivity (Wildman–Crippen MR) is 65.5 cm³/mol. The lowest BCUT2D eigenvalue weighted by Gasteiger charge is -2.19. The highest BCUT2D eigenvalue weighted by atomic mass is 16.5. The summed E-state index contributed by atoms with van der Waals surface area (Å²) in [4.78, 5) is 0. The van der Waals surface area contributed by atoms with Gasteiger partial charge in [-0.15, -0.1) is 0 Å². The van der Waals surface area contributed by atoms with Crippen LogP contribution in [-0.2, 0) is 6.54 Å². The van der Waals surface area contributed by atoms with Crippen molar-refractivity contribution in [2.75, 3.05) is 0 Å². The van der Waals surface area contributed by atoms with Crippen molar-refractivity contribution in [3.8, 4) is 11.5 Å². The van der Waals surface area contributed by atoms with E-state index in [9.17, 15) is 0 Å². The molecule has 0 aliphatic rings. The Hall–Kier alpha value is -1.55. The van der Waals surface area contributed by atoms with E-state index in [2.05, 4.69) is 31.2 Å². The van der Waals surface area contributed by atoms with Gasteiger partial charge in [0.2, 0.25) is 5.76 Å². The minimum absolute atomic E-state index is 0.0698. The minimum Gasteiger partial charge on any atom is -0.458 e. The summed E-state index contributed by atoms with van der Waals surface area (Å²) in [7, 11) is 0. The van der Waals surface area contributed by atoms with Crippen LogP contribution in [0.5, 0.6) is 0 Å². The fourth-order valence-corrected chi connectivity index (χ4v) is 1.43. The van der Waals surface area contributed by atoms with Crippen LogP contribution in [0.15, 0.2) is 27.1 Å². The predicted octanol–water partition coefficient (Wildman–Crippen LogP) is 3.13. The second kappa shape index (κ2) is 4.37. The standard InChI is InChI=1S/C13H18N2O2/c1-9-5-6-11(16-9)12-7-10(15-17-12)8-14-13(2,3)4/h5-7,14H,8H2,1-4H3. The molecule has 2 aromatic rings. The summed E-state index contributed by atoms with van der Waals surface area (Å²) in [5.74, 6) is 2.26. The first-order chi connectivity index (χ1) is 7.94. The topological polar surface area (TPSA) is 51.2 Å². The van der Waals surface area contributed by atoms with Gasteiger partial charge in [-0.2, -0.15) is 0 Å². The monoisotopic (exact) mass is 234 g/mol. The van der Waals surface area contributed by atoms with E-state index in [1.165, 1.54) is 0 Å². The highest BCUT2D eigenvalue weighted by molar-refractivity contribution is 5.50. The molecule has 92 valence electrons. The Morgan fingerprint density at radius 1 is 1.24 bits per heavy atom. The van der Waals surface area contributed by atoms with Gasteiger partial charge in [-0.1, -0.05) is 5.16 Å². The molecule has 0 aliphatic heterocycles. The van der Waals surface area contributed by atoms with Crippen molar-refractivity contribution in [2.24, 2.45) is 0 Å². The maximum atomic E-state index is 5.47. The van der Waals surface area contributed by atoms with Crippen molar-refractivity contribution in [1.29, 1.82) is 0 Å². The van der Waals surface area contributed by atoms with Gasteiger partial charge in [0.1, 0.15) is 5.76 Å². The van der Waals surface area contributed by atoms with Crippen LogP contribution in [-0.4, -0.2) is 10.7 Å². The summed E-state index contributed by atoms with van der Waals surface area (Å²) >= 11 is 0. The molecule has 0 saturated heterocycles. The number of rotatable bonds is 3. The van der Waals surface area contributed by atoms with Crippen molar-refractivity contribution >= 4 is 0 Å². The SMILES string of the molecule is Cc1ccc(-c2cc(CNC(C)(C)C)no2)o1. The van der Waals surface area contributed by atoms with Gasteiger partial charge in [0, 0.05) is 18.2 Å². The van der Waals surface area contributed by atoms with Crippen LogP contribution in [0.4, 0.5) is 0 Å². The van der Waals surface area contributed by atoms with Crippen LogP contribution in [0.25, 0.3) is 11.5 Å². The Balaban J connectivity index is 2.06. The number of hydrogen-bond donors (Lipinski definition) is 1. The normalized spacial score (nSPS) is 12.0. The van der Waals surface area contributed by atoms with Crippen LogP contribution in [0.1, 0.15) is 32.2 Å².